The van der Waals surface area contributed by atoms with Crippen molar-refractivity contribution in [3.8, 4) is 0 Å². The summed E-state index contributed by atoms with van der Waals surface area (Å²) in [5.41, 5.74) is 5.95. The van der Waals surface area contributed by atoms with Crippen LogP contribution in [0.2, 0.25) is 0 Å². The van der Waals surface area contributed by atoms with Crippen molar-refractivity contribution >= 4 is 0 Å². The summed E-state index contributed by atoms with van der Waals surface area (Å²) in [6.45, 7) is 5.61. The summed E-state index contributed by atoms with van der Waals surface area (Å²) in [4.78, 5) is 4.37. The Kier molecular flexibility index (Phi) is 3.56. The van der Waals surface area contributed by atoms with Gasteiger partial charge in [-0.1, -0.05) is 19.0 Å². The van der Waals surface area contributed by atoms with Gasteiger partial charge in [0, 0.05) is 12.5 Å². The number of ether oxygens (including phenoxy) is 1. The molecule has 1 aromatic rings. The van der Waals surface area contributed by atoms with Crippen LogP contribution < -0.4 is 5.73 Å². The van der Waals surface area contributed by atoms with Gasteiger partial charge in [-0.3, -0.25) is 0 Å². The molecule has 2 rings (SSSR count). The molecule has 5 nitrogen and oxygen atoms in total. The highest BCUT2D eigenvalue weighted by Gasteiger charge is 2.24. The normalized spacial score (nSPS) is 23.6. The quantitative estimate of drug-likeness (QED) is 0.846. The molecule has 0 saturated carbocycles. The van der Waals surface area contributed by atoms with Gasteiger partial charge in [-0.25, -0.2) is 0 Å². The molecule has 1 fully saturated rings. The second-order valence-corrected chi connectivity index (χ2v) is 4.67. The molecule has 0 spiro atoms. The first-order valence-corrected chi connectivity index (χ1v) is 5.85. The van der Waals surface area contributed by atoms with Gasteiger partial charge in [-0.2, -0.15) is 4.98 Å². The molecule has 1 saturated heterocycles. The van der Waals surface area contributed by atoms with E-state index in [1.807, 2.05) is 13.8 Å². The summed E-state index contributed by atoms with van der Waals surface area (Å²) in [6.07, 6.45) is 2.13. The number of rotatable bonds is 3. The van der Waals surface area contributed by atoms with E-state index in [2.05, 4.69) is 10.1 Å². The van der Waals surface area contributed by atoms with Crippen molar-refractivity contribution in [2.75, 3.05) is 13.2 Å². The molecular weight excluding hydrogens is 206 g/mol. The van der Waals surface area contributed by atoms with E-state index < -0.39 is 0 Å². The number of aromatic nitrogens is 2. The highest BCUT2D eigenvalue weighted by molar-refractivity contribution is 4.99. The molecule has 2 N–H and O–H groups in total. The molecule has 1 aromatic heterocycles. The molecule has 0 aliphatic carbocycles. The molecule has 2 atom stereocenters. The largest absolute Gasteiger partial charge is 0.381 e. The van der Waals surface area contributed by atoms with E-state index in [0.29, 0.717) is 18.4 Å². The number of nitrogens with two attached hydrogens (primary N) is 1. The molecule has 1 aliphatic heterocycles. The third-order valence-corrected chi connectivity index (χ3v) is 2.99. The van der Waals surface area contributed by atoms with Gasteiger partial charge in [0.25, 0.3) is 0 Å². The van der Waals surface area contributed by atoms with Gasteiger partial charge < -0.3 is 15.0 Å². The molecule has 90 valence electrons. The van der Waals surface area contributed by atoms with Crippen molar-refractivity contribution in [3.63, 3.8) is 0 Å². The Balaban J connectivity index is 2.06. The summed E-state index contributed by atoms with van der Waals surface area (Å²) in [7, 11) is 0. The monoisotopic (exact) mass is 225 g/mol. The zero-order valence-corrected chi connectivity index (χ0v) is 9.85. The highest BCUT2D eigenvalue weighted by atomic mass is 16.5. The molecule has 5 heteroatoms. The molecule has 2 heterocycles. The van der Waals surface area contributed by atoms with Crippen LogP contribution in [0.4, 0.5) is 0 Å². The summed E-state index contributed by atoms with van der Waals surface area (Å²) < 4.78 is 10.6. The minimum absolute atomic E-state index is 0.175. The zero-order chi connectivity index (χ0) is 11.5. The van der Waals surface area contributed by atoms with Gasteiger partial charge in [0.15, 0.2) is 5.82 Å². The van der Waals surface area contributed by atoms with Crippen molar-refractivity contribution in [3.05, 3.63) is 11.7 Å². The molecular formula is C11H19N3O2. The second kappa shape index (κ2) is 4.93. The van der Waals surface area contributed by atoms with Crippen molar-refractivity contribution in [2.24, 2.45) is 11.7 Å². The standard InChI is InChI=1S/C11H19N3O2/c1-7(2)9(12)11-13-10(14-16-11)8-4-3-5-15-6-8/h7-9H,3-6,12H2,1-2H3/t8?,9-/m1/s1. The van der Waals surface area contributed by atoms with Gasteiger partial charge in [-0.05, 0) is 18.8 Å². The number of hydrogen-bond donors (Lipinski definition) is 1. The SMILES string of the molecule is CC(C)[C@@H](N)c1nc(C2CCCOC2)no1. The van der Waals surface area contributed by atoms with Gasteiger partial charge in [0.1, 0.15) is 0 Å². The molecule has 0 radical (unpaired) electrons. The van der Waals surface area contributed by atoms with Crippen LogP contribution in [0.5, 0.6) is 0 Å². The Labute approximate surface area is 95.3 Å². The second-order valence-electron chi connectivity index (χ2n) is 4.67. The Morgan fingerprint density at radius 2 is 2.25 bits per heavy atom. The minimum atomic E-state index is -0.175. The predicted octanol–water partition coefficient (Wildman–Crippen LogP) is 1.62. The Morgan fingerprint density at radius 1 is 1.44 bits per heavy atom. The van der Waals surface area contributed by atoms with Crippen molar-refractivity contribution in [1.29, 1.82) is 0 Å². The van der Waals surface area contributed by atoms with E-state index in [9.17, 15) is 0 Å². The third-order valence-electron chi connectivity index (χ3n) is 2.99. The number of nitrogens with zero attached hydrogens (tertiary/aromatic N) is 2. The first-order chi connectivity index (χ1) is 7.68. The van der Waals surface area contributed by atoms with Crippen molar-refractivity contribution in [1.82, 2.24) is 10.1 Å². The maximum atomic E-state index is 5.95. The van der Waals surface area contributed by atoms with Gasteiger partial charge in [-0.15, -0.1) is 0 Å². The van der Waals surface area contributed by atoms with Crippen LogP contribution in [0.15, 0.2) is 4.52 Å². The van der Waals surface area contributed by atoms with E-state index in [4.69, 9.17) is 15.0 Å². The predicted molar refractivity (Wildman–Crippen MR) is 58.9 cm³/mol. The summed E-state index contributed by atoms with van der Waals surface area (Å²) >= 11 is 0. The zero-order valence-electron chi connectivity index (χ0n) is 9.85. The van der Waals surface area contributed by atoms with E-state index >= 15 is 0 Å². The lowest BCUT2D eigenvalue weighted by molar-refractivity contribution is 0.0773. The average molecular weight is 225 g/mol. The van der Waals surface area contributed by atoms with Crippen LogP contribution in [0.1, 0.15) is 50.4 Å². The highest BCUT2D eigenvalue weighted by Crippen LogP contribution is 2.25. The van der Waals surface area contributed by atoms with E-state index in [-0.39, 0.29) is 12.0 Å². The minimum Gasteiger partial charge on any atom is -0.381 e. The van der Waals surface area contributed by atoms with Crippen LogP contribution in [0.3, 0.4) is 0 Å². The molecule has 1 unspecified atom stereocenters. The Bertz CT molecular complexity index is 332. The maximum absolute atomic E-state index is 5.95. The molecule has 0 bridgehead atoms. The summed E-state index contributed by atoms with van der Waals surface area (Å²) in [5, 5.41) is 4.00. The fourth-order valence-electron chi connectivity index (χ4n) is 1.78. The van der Waals surface area contributed by atoms with Crippen LogP contribution in [-0.2, 0) is 4.74 Å². The van der Waals surface area contributed by atoms with Gasteiger partial charge in [0.05, 0.1) is 12.6 Å². The van der Waals surface area contributed by atoms with Crippen molar-refractivity contribution < 1.29 is 9.26 Å². The molecule has 0 amide bonds. The average Bonchev–Trinajstić information content (AvgIpc) is 2.78. The third kappa shape index (κ3) is 2.41. The summed E-state index contributed by atoms with van der Waals surface area (Å²) in [5.74, 6) is 1.85. The first-order valence-electron chi connectivity index (χ1n) is 5.85. The lowest BCUT2D eigenvalue weighted by atomic mass is 10.0. The maximum Gasteiger partial charge on any atom is 0.243 e. The van der Waals surface area contributed by atoms with E-state index in [1.165, 1.54) is 0 Å². The fraction of sp³-hybridized carbons (Fsp3) is 0.818. The molecule has 0 aromatic carbocycles. The van der Waals surface area contributed by atoms with Gasteiger partial charge >= 0.3 is 0 Å². The van der Waals surface area contributed by atoms with Crippen molar-refractivity contribution in [2.45, 2.75) is 38.6 Å². The van der Waals surface area contributed by atoms with Crippen LogP contribution in [0, 0.1) is 5.92 Å². The van der Waals surface area contributed by atoms with Crippen LogP contribution in [-0.4, -0.2) is 23.4 Å². The first kappa shape index (κ1) is 11.5. The Morgan fingerprint density at radius 3 is 2.88 bits per heavy atom. The topological polar surface area (TPSA) is 74.2 Å². The lowest BCUT2D eigenvalue weighted by Crippen LogP contribution is -2.18. The molecule has 16 heavy (non-hydrogen) atoms. The lowest BCUT2D eigenvalue weighted by Gasteiger charge is -2.18. The fourth-order valence-corrected chi connectivity index (χ4v) is 1.78. The van der Waals surface area contributed by atoms with Gasteiger partial charge in [0.2, 0.25) is 5.89 Å². The summed E-state index contributed by atoms with van der Waals surface area (Å²) in [6, 6.07) is -0.175. The van der Waals surface area contributed by atoms with E-state index in [1.54, 1.807) is 0 Å². The molecule has 1 aliphatic rings. The Hall–Kier alpha value is -0.940. The number of hydrogen-bond acceptors (Lipinski definition) is 5. The van der Waals surface area contributed by atoms with Crippen LogP contribution in [0.25, 0.3) is 0 Å². The smallest absolute Gasteiger partial charge is 0.243 e. The van der Waals surface area contributed by atoms with Crippen LogP contribution >= 0.6 is 0 Å². The van der Waals surface area contributed by atoms with E-state index in [0.717, 1.165) is 25.3 Å².